The number of nitrogens with zero attached hydrogens (tertiary/aromatic N) is 5. The average Bonchev–Trinajstić information content (AvgIpc) is 3.61. The van der Waals surface area contributed by atoms with Gasteiger partial charge in [-0.3, -0.25) is 19.8 Å². The Labute approximate surface area is 314 Å². The van der Waals surface area contributed by atoms with Crippen molar-refractivity contribution in [2.45, 2.75) is 76.0 Å². The number of ether oxygens (including phenoxy) is 2. The second-order valence-electron chi connectivity index (χ2n) is 14.0. The summed E-state index contributed by atoms with van der Waals surface area (Å²) in [6.07, 6.45) is 11.4. The van der Waals surface area contributed by atoms with Gasteiger partial charge in [0.25, 0.3) is 5.91 Å². The van der Waals surface area contributed by atoms with E-state index in [1.54, 1.807) is 41.4 Å². The summed E-state index contributed by atoms with van der Waals surface area (Å²) >= 11 is 6.13. The number of hydrogen-bond donors (Lipinski definition) is 2. The predicted octanol–water partition coefficient (Wildman–Crippen LogP) is 6.62. The van der Waals surface area contributed by atoms with Gasteiger partial charge in [0.05, 0.1) is 40.7 Å². The van der Waals surface area contributed by atoms with Crippen LogP contribution in [0.15, 0.2) is 67.0 Å². The molecule has 7 rings (SSSR count). The van der Waals surface area contributed by atoms with E-state index in [0.717, 1.165) is 87.6 Å². The minimum atomic E-state index is -0.360. The van der Waals surface area contributed by atoms with Gasteiger partial charge < -0.3 is 24.3 Å². The lowest BCUT2D eigenvalue weighted by atomic mass is 9.92. The van der Waals surface area contributed by atoms with Crippen molar-refractivity contribution in [3.05, 3.63) is 83.3 Å². The normalized spacial score (nSPS) is 19.8. The van der Waals surface area contributed by atoms with Crippen LogP contribution in [0.1, 0.15) is 79.9 Å². The third-order valence-electron chi connectivity index (χ3n) is 10.5. The molecule has 2 aromatic carbocycles. The van der Waals surface area contributed by atoms with E-state index in [2.05, 4.69) is 49.5 Å². The molecular formula is C40H44ClN7O5. The maximum absolute atomic E-state index is 12.9. The van der Waals surface area contributed by atoms with E-state index < -0.39 is 0 Å². The van der Waals surface area contributed by atoms with Crippen molar-refractivity contribution in [3.8, 4) is 17.6 Å². The van der Waals surface area contributed by atoms with Crippen LogP contribution in [0.5, 0.6) is 11.5 Å². The standard InChI is InChI=1S/C40H44ClN7O5/c41-34-24-31(9-6-27(34)25-42)53-30-10-7-28(8-11-30)44-39(50)35-13-12-32(26-43-35)52-23-2-1-18-46-19-14-29(15-20-46)47-21-16-33-36(47)4-3-5-37(33)48-22-17-38(49)45-40(48)51/h3-6,9,12-13,16,21,24,26,28-30H,1-2,7-8,10-11,14-15,17-20,22-23H2,(H,44,50)(H,45,49,51). The molecule has 3 aliphatic rings. The molecule has 0 bridgehead atoms. The summed E-state index contributed by atoms with van der Waals surface area (Å²) in [5.41, 5.74) is 2.75. The number of halogens is 1. The molecule has 2 aromatic heterocycles. The zero-order valence-electron chi connectivity index (χ0n) is 29.6. The molecule has 4 amide bonds. The molecule has 2 aliphatic heterocycles. The molecule has 4 heterocycles. The van der Waals surface area contributed by atoms with E-state index in [1.165, 1.54) is 0 Å². The first kappa shape index (κ1) is 36.2. The van der Waals surface area contributed by atoms with E-state index in [-0.39, 0.29) is 30.0 Å². The second kappa shape index (κ2) is 16.7. The maximum Gasteiger partial charge on any atom is 0.328 e. The highest BCUT2D eigenvalue weighted by Crippen LogP contribution is 2.34. The smallest absolute Gasteiger partial charge is 0.328 e. The van der Waals surface area contributed by atoms with Gasteiger partial charge in [0.15, 0.2) is 0 Å². The van der Waals surface area contributed by atoms with Crippen LogP contribution >= 0.6 is 11.6 Å². The highest BCUT2D eigenvalue weighted by atomic mass is 35.5. The zero-order valence-corrected chi connectivity index (χ0v) is 30.4. The Balaban J connectivity index is 0.785. The van der Waals surface area contributed by atoms with E-state index in [4.69, 9.17) is 26.3 Å². The highest BCUT2D eigenvalue weighted by molar-refractivity contribution is 6.31. The minimum absolute atomic E-state index is 0.0363. The minimum Gasteiger partial charge on any atom is -0.492 e. The number of likely N-dealkylation sites (tertiary alicyclic amines) is 1. The lowest BCUT2D eigenvalue weighted by Crippen LogP contribution is -2.49. The van der Waals surface area contributed by atoms with Crippen LogP contribution in [0.2, 0.25) is 5.02 Å². The topological polar surface area (TPSA) is 142 Å². The number of nitrogens with one attached hydrogen (secondary N) is 2. The van der Waals surface area contributed by atoms with Gasteiger partial charge in [0.2, 0.25) is 5.91 Å². The monoisotopic (exact) mass is 737 g/mol. The first-order chi connectivity index (χ1) is 25.8. The number of anilines is 1. The molecule has 1 saturated carbocycles. The molecule has 2 N–H and O–H groups in total. The van der Waals surface area contributed by atoms with Crippen molar-refractivity contribution in [1.82, 2.24) is 25.1 Å². The number of benzene rings is 2. The molecule has 1 aliphatic carbocycles. The Kier molecular flexibility index (Phi) is 11.4. The number of fused-ring (bicyclic) bond motifs is 1. The van der Waals surface area contributed by atoms with Gasteiger partial charge >= 0.3 is 6.03 Å². The summed E-state index contributed by atoms with van der Waals surface area (Å²) in [6.45, 7) is 4.05. The molecular weight excluding hydrogens is 694 g/mol. The van der Waals surface area contributed by atoms with Crippen molar-refractivity contribution in [3.63, 3.8) is 0 Å². The van der Waals surface area contributed by atoms with Crippen LogP contribution in [0, 0.1) is 11.3 Å². The third-order valence-corrected chi connectivity index (χ3v) is 10.8. The molecule has 4 aromatic rings. The quantitative estimate of drug-likeness (QED) is 0.155. The first-order valence-electron chi connectivity index (χ1n) is 18.5. The average molecular weight is 738 g/mol. The van der Waals surface area contributed by atoms with Gasteiger partial charge in [-0.15, -0.1) is 0 Å². The lowest BCUT2D eigenvalue weighted by molar-refractivity contribution is -0.120. The summed E-state index contributed by atoms with van der Waals surface area (Å²) < 4.78 is 14.3. The number of unbranched alkanes of at least 4 members (excludes halogenated alkanes) is 1. The molecule has 0 spiro atoms. The molecule has 0 unspecified atom stereocenters. The number of carbonyl (C=O) groups excluding carboxylic acids is 3. The molecule has 12 nitrogen and oxygen atoms in total. The van der Waals surface area contributed by atoms with Gasteiger partial charge in [-0.25, -0.2) is 9.78 Å². The van der Waals surface area contributed by atoms with Crippen molar-refractivity contribution < 1.29 is 23.9 Å². The van der Waals surface area contributed by atoms with Crippen molar-refractivity contribution >= 4 is 46.0 Å². The highest BCUT2D eigenvalue weighted by Gasteiger charge is 2.28. The molecule has 13 heteroatoms. The Morgan fingerprint density at radius 1 is 0.981 bits per heavy atom. The predicted molar refractivity (Wildman–Crippen MR) is 201 cm³/mol. The van der Waals surface area contributed by atoms with Gasteiger partial charge in [0, 0.05) is 55.8 Å². The van der Waals surface area contributed by atoms with Gasteiger partial charge in [0.1, 0.15) is 23.3 Å². The van der Waals surface area contributed by atoms with Crippen LogP contribution in [0.25, 0.3) is 10.9 Å². The second-order valence-corrected chi connectivity index (χ2v) is 14.4. The summed E-state index contributed by atoms with van der Waals surface area (Å²) in [5, 5.41) is 16.0. The number of nitriles is 1. The Bertz CT molecular complexity index is 1980. The van der Waals surface area contributed by atoms with Crippen LogP contribution in [0.4, 0.5) is 10.5 Å². The molecule has 276 valence electrons. The Morgan fingerprint density at radius 2 is 1.79 bits per heavy atom. The molecule has 53 heavy (non-hydrogen) atoms. The number of rotatable bonds is 12. The number of aromatic nitrogens is 2. The van der Waals surface area contributed by atoms with E-state index in [0.29, 0.717) is 53.4 Å². The molecule has 0 radical (unpaired) electrons. The fraction of sp³-hybridized carbons (Fsp3) is 0.425. The van der Waals surface area contributed by atoms with Crippen LogP contribution in [-0.2, 0) is 4.79 Å². The van der Waals surface area contributed by atoms with Crippen LogP contribution < -0.4 is 25.0 Å². The number of urea groups is 1. The van der Waals surface area contributed by atoms with E-state index in [1.807, 2.05) is 12.1 Å². The van der Waals surface area contributed by atoms with Crippen LogP contribution in [-0.4, -0.2) is 77.2 Å². The number of pyridine rings is 1. The number of amides is 4. The fourth-order valence-corrected chi connectivity index (χ4v) is 7.82. The Hall–Kier alpha value is -5.12. The summed E-state index contributed by atoms with van der Waals surface area (Å²) in [7, 11) is 0. The first-order valence-corrected chi connectivity index (χ1v) is 18.9. The largest absolute Gasteiger partial charge is 0.492 e. The summed E-state index contributed by atoms with van der Waals surface area (Å²) in [4.78, 5) is 45.5. The van der Waals surface area contributed by atoms with Gasteiger partial charge in [-0.05, 0) is 100 Å². The SMILES string of the molecule is N#Cc1ccc(OC2CCC(NC(=O)c3ccc(OCCCCN4CCC(n5ccc6c(N7CCC(=O)NC7=O)cccc65)CC4)cn3)CC2)cc1Cl. The number of hydrogen-bond acceptors (Lipinski definition) is 8. The van der Waals surface area contributed by atoms with Crippen LogP contribution in [0.3, 0.4) is 0 Å². The van der Waals surface area contributed by atoms with Crippen molar-refractivity contribution in [1.29, 1.82) is 5.26 Å². The summed E-state index contributed by atoms with van der Waals surface area (Å²) in [6, 6.07) is 18.9. The number of imide groups is 1. The zero-order chi connectivity index (χ0) is 36.7. The Morgan fingerprint density at radius 3 is 2.53 bits per heavy atom. The maximum atomic E-state index is 12.9. The summed E-state index contributed by atoms with van der Waals surface area (Å²) in [5.74, 6) is 0.882. The van der Waals surface area contributed by atoms with E-state index in [9.17, 15) is 14.4 Å². The van der Waals surface area contributed by atoms with Gasteiger partial charge in [-0.2, -0.15) is 5.26 Å². The van der Waals surface area contributed by atoms with Gasteiger partial charge in [-0.1, -0.05) is 17.7 Å². The van der Waals surface area contributed by atoms with E-state index >= 15 is 0 Å². The molecule has 3 fully saturated rings. The molecule has 0 atom stereocenters. The van der Waals surface area contributed by atoms with Crippen molar-refractivity contribution in [2.24, 2.45) is 0 Å². The lowest BCUT2D eigenvalue weighted by Gasteiger charge is -2.33. The fourth-order valence-electron chi connectivity index (χ4n) is 7.61. The molecule has 2 saturated heterocycles. The number of carbonyl (C=O) groups is 3. The third kappa shape index (κ3) is 8.75. The number of piperidine rings is 1. The van der Waals surface area contributed by atoms with Crippen molar-refractivity contribution in [2.75, 3.05) is 37.7 Å².